The van der Waals surface area contributed by atoms with E-state index < -0.39 is 5.91 Å². The first kappa shape index (κ1) is 12.7. The van der Waals surface area contributed by atoms with Gasteiger partial charge in [0.05, 0.1) is 11.6 Å². The molecule has 4 nitrogen and oxygen atoms in total. The van der Waals surface area contributed by atoms with Gasteiger partial charge in [0.2, 0.25) is 0 Å². The maximum absolute atomic E-state index is 11.5. The van der Waals surface area contributed by atoms with Gasteiger partial charge in [-0.3, -0.25) is 10.1 Å². The van der Waals surface area contributed by atoms with Crippen LogP contribution in [0, 0.1) is 0 Å². The fraction of sp³-hybridized carbons (Fsp3) is 0.200. The average molecular weight is 259 g/mol. The quantitative estimate of drug-likeness (QED) is 0.811. The first-order valence-electron chi connectivity index (χ1n) is 4.57. The zero-order chi connectivity index (χ0) is 12.1. The third kappa shape index (κ3) is 3.36. The van der Waals surface area contributed by atoms with Gasteiger partial charge in [0.15, 0.2) is 5.11 Å². The molecule has 3 N–H and O–H groups in total. The highest BCUT2D eigenvalue weighted by Crippen LogP contribution is 2.25. The second-order valence-electron chi connectivity index (χ2n) is 2.90. The lowest BCUT2D eigenvalue weighted by molar-refractivity contribution is 0.0977. The Hall–Kier alpha value is -1.33. The molecule has 0 fully saturated rings. The first-order chi connectivity index (χ1) is 7.54. The Kier molecular flexibility index (Phi) is 4.52. The third-order valence-electron chi connectivity index (χ3n) is 1.73. The van der Waals surface area contributed by atoms with Crippen molar-refractivity contribution in [3.8, 4) is 5.75 Å². The molecule has 0 aliphatic heterocycles. The molecule has 86 valence electrons. The number of rotatable bonds is 3. The molecule has 1 aromatic carbocycles. The van der Waals surface area contributed by atoms with Crippen LogP contribution in [0.3, 0.4) is 0 Å². The average Bonchev–Trinajstić information content (AvgIpc) is 2.20. The lowest BCUT2D eigenvalue weighted by Gasteiger charge is -2.07. The van der Waals surface area contributed by atoms with Crippen LogP contribution in [0.2, 0.25) is 5.02 Å². The Labute approximate surface area is 104 Å². The summed E-state index contributed by atoms with van der Waals surface area (Å²) in [7, 11) is 0. The summed E-state index contributed by atoms with van der Waals surface area (Å²) in [4.78, 5) is 11.5. The number of carbonyl (C=O) groups is 1. The lowest BCUT2D eigenvalue weighted by atomic mass is 10.2. The Balaban J connectivity index is 2.88. The minimum Gasteiger partial charge on any atom is -0.492 e. The third-order valence-corrected chi connectivity index (χ3v) is 2.13. The standard InChI is InChI=1S/C10H11ClN2O2S/c1-2-15-8-4-3-6(5-7(8)11)9(14)13-10(12)16/h3-5H,2H2,1H3,(H3,12,13,14,16). The van der Waals surface area contributed by atoms with Gasteiger partial charge in [-0.05, 0) is 37.3 Å². The van der Waals surface area contributed by atoms with Gasteiger partial charge in [-0.1, -0.05) is 11.6 Å². The van der Waals surface area contributed by atoms with Crippen molar-refractivity contribution in [3.63, 3.8) is 0 Å². The number of amides is 1. The zero-order valence-corrected chi connectivity index (χ0v) is 10.2. The van der Waals surface area contributed by atoms with Crippen molar-refractivity contribution in [1.29, 1.82) is 0 Å². The maximum Gasteiger partial charge on any atom is 0.257 e. The molecule has 0 bridgehead atoms. The van der Waals surface area contributed by atoms with E-state index in [2.05, 4.69) is 17.5 Å². The van der Waals surface area contributed by atoms with Crippen LogP contribution >= 0.6 is 23.8 Å². The van der Waals surface area contributed by atoms with Crippen LogP contribution in [0.5, 0.6) is 5.75 Å². The summed E-state index contributed by atoms with van der Waals surface area (Å²) in [6.45, 7) is 2.36. The Morgan fingerprint density at radius 2 is 2.31 bits per heavy atom. The number of hydrogen-bond donors (Lipinski definition) is 2. The van der Waals surface area contributed by atoms with Crippen LogP contribution in [-0.4, -0.2) is 17.6 Å². The Bertz CT molecular complexity index is 423. The van der Waals surface area contributed by atoms with Crippen LogP contribution in [0.1, 0.15) is 17.3 Å². The lowest BCUT2D eigenvalue weighted by Crippen LogP contribution is -2.34. The van der Waals surface area contributed by atoms with E-state index in [4.69, 9.17) is 22.1 Å². The van der Waals surface area contributed by atoms with Crippen molar-refractivity contribution < 1.29 is 9.53 Å². The predicted molar refractivity (Wildman–Crippen MR) is 66.9 cm³/mol. The smallest absolute Gasteiger partial charge is 0.257 e. The zero-order valence-electron chi connectivity index (χ0n) is 8.62. The molecule has 0 unspecified atom stereocenters. The highest BCUT2D eigenvalue weighted by molar-refractivity contribution is 7.80. The summed E-state index contributed by atoms with van der Waals surface area (Å²) in [6.07, 6.45) is 0. The topological polar surface area (TPSA) is 64.3 Å². The molecule has 0 saturated heterocycles. The van der Waals surface area contributed by atoms with Crippen LogP contribution in [-0.2, 0) is 0 Å². The van der Waals surface area contributed by atoms with E-state index in [1.807, 2.05) is 6.92 Å². The summed E-state index contributed by atoms with van der Waals surface area (Å²) >= 11 is 10.5. The summed E-state index contributed by atoms with van der Waals surface area (Å²) < 4.78 is 5.24. The van der Waals surface area contributed by atoms with Gasteiger partial charge in [-0.2, -0.15) is 0 Å². The van der Waals surface area contributed by atoms with E-state index >= 15 is 0 Å². The Morgan fingerprint density at radius 1 is 1.62 bits per heavy atom. The van der Waals surface area contributed by atoms with Gasteiger partial charge >= 0.3 is 0 Å². The van der Waals surface area contributed by atoms with E-state index in [-0.39, 0.29) is 5.11 Å². The van der Waals surface area contributed by atoms with Crippen molar-refractivity contribution in [2.45, 2.75) is 6.92 Å². The van der Waals surface area contributed by atoms with Crippen molar-refractivity contribution in [3.05, 3.63) is 28.8 Å². The molecule has 6 heteroatoms. The molecule has 16 heavy (non-hydrogen) atoms. The summed E-state index contributed by atoms with van der Waals surface area (Å²) in [5.74, 6) is 0.147. The number of hydrogen-bond acceptors (Lipinski definition) is 3. The van der Waals surface area contributed by atoms with Crippen LogP contribution in [0.4, 0.5) is 0 Å². The predicted octanol–water partition coefficient (Wildman–Crippen LogP) is 1.71. The fourth-order valence-electron chi connectivity index (χ4n) is 1.10. The summed E-state index contributed by atoms with van der Waals surface area (Å²) in [5.41, 5.74) is 5.56. The summed E-state index contributed by atoms with van der Waals surface area (Å²) in [5, 5.41) is 2.61. The highest BCUT2D eigenvalue weighted by atomic mass is 35.5. The van der Waals surface area contributed by atoms with Crippen molar-refractivity contribution in [2.24, 2.45) is 5.73 Å². The molecule has 1 amide bonds. The van der Waals surface area contributed by atoms with Gasteiger partial charge in [-0.15, -0.1) is 0 Å². The summed E-state index contributed by atoms with van der Waals surface area (Å²) in [6, 6.07) is 4.71. The largest absolute Gasteiger partial charge is 0.492 e. The number of nitrogens with two attached hydrogens (primary N) is 1. The molecule has 1 aromatic rings. The maximum atomic E-state index is 11.5. The monoisotopic (exact) mass is 258 g/mol. The van der Waals surface area contributed by atoms with Gasteiger partial charge in [0.25, 0.3) is 5.91 Å². The van der Waals surface area contributed by atoms with Gasteiger partial charge in [0.1, 0.15) is 5.75 Å². The van der Waals surface area contributed by atoms with Crippen molar-refractivity contribution in [2.75, 3.05) is 6.61 Å². The first-order valence-corrected chi connectivity index (χ1v) is 5.36. The SMILES string of the molecule is CCOc1ccc(C(=O)NC(N)=S)cc1Cl. The van der Waals surface area contributed by atoms with Crippen LogP contribution in [0.15, 0.2) is 18.2 Å². The second-order valence-corrected chi connectivity index (χ2v) is 3.74. The molecule has 0 saturated carbocycles. The van der Waals surface area contributed by atoms with E-state index in [0.717, 1.165) is 0 Å². The second kappa shape index (κ2) is 5.67. The van der Waals surface area contributed by atoms with Gasteiger partial charge in [-0.25, -0.2) is 0 Å². The number of ether oxygens (including phenoxy) is 1. The normalized spacial score (nSPS) is 9.62. The molecule has 0 aliphatic carbocycles. The van der Waals surface area contributed by atoms with E-state index in [1.54, 1.807) is 12.1 Å². The molecule has 0 spiro atoms. The van der Waals surface area contributed by atoms with Crippen molar-refractivity contribution >= 4 is 34.8 Å². The molecule has 0 radical (unpaired) electrons. The Morgan fingerprint density at radius 3 is 2.81 bits per heavy atom. The molecule has 1 rings (SSSR count). The van der Waals surface area contributed by atoms with E-state index in [0.29, 0.717) is 22.9 Å². The molecule has 0 aliphatic rings. The molecular weight excluding hydrogens is 248 g/mol. The molecular formula is C10H11ClN2O2S. The number of benzene rings is 1. The minimum atomic E-state index is -0.391. The number of nitrogens with one attached hydrogen (secondary N) is 1. The number of halogens is 1. The van der Waals surface area contributed by atoms with E-state index in [1.165, 1.54) is 6.07 Å². The van der Waals surface area contributed by atoms with Crippen LogP contribution < -0.4 is 15.8 Å². The van der Waals surface area contributed by atoms with E-state index in [9.17, 15) is 4.79 Å². The fourth-order valence-corrected chi connectivity index (χ4v) is 1.43. The van der Waals surface area contributed by atoms with Gasteiger partial charge < -0.3 is 10.5 Å². The van der Waals surface area contributed by atoms with Crippen molar-refractivity contribution in [1.82, 2.24) is 5.32 Å². The molecule has 0 heterocycles. The number of carbonyl (C=O) groups excluding carboxylic acids is 1. The number of thiocarbonyl (C=S) groups is 1. The minimum absolute atomic E-state index is 0.0741. The molecule has 0 atom stereocenters. The highest BCUT2D eigenvalue weighted by Gasteiger charge is 2.09. The van der Waals surface area contributed by atoms with Crippen LogP contribution in [0.25, 0.3) is 0 Å². The molecule has 0 aromatic heterocycles. The van der Waals surface area contributed by atoms with Gasteiger partial charge in [0, 0.05) is 5.56 Å².